The van der Waals surface area contributed by atoms with Gasteiger partial charge in [-0.05, 0) is 26.2 Å². The van der Waals surface area contributed by atoms with Gasteiger partial charge in [0.2, 0.25) is 0 Å². The molecule has 0 bridgehead atoms. The van der Waals surface area contributed by atoms with Gasteiger partial charge in [-0.3, -0.25) is 0 Å². The quantitative estimate of drug-likeness (QED) is 0.217. The largest absolute Gasteiger partial charge is 0.409 e. The smallest absolute Gasteiger partial charge is 0.140 e. The Bertz CT molecular complexity index is 221. The van der Waals surface area contributed by atoms with Crippen LogP contribution in [-0.4, -0.2) is 34.3 Å². The second-order valence-corrected chi connectivity index (χ2v) is 4.43. The minimum absolute atomic E-state index is 0.0921. The molecule has 0 aliphatic heterocycles. The van der Waals surface area contributed by atoms with E-state index in [1.165, 1.54) is 0 Å². The van der Waals surface area contributed by atoms with E-state index in [1.54, 1.807) is 0 Å². The number of nitrogens with two attached hydrogens (primary N) is 1. The number of hydrogen-bond donors (Lipinski definition) is 4. The summed E-state index contributed by atoms with van der Waals surface area (Å²) in [5, 5.41) is 24.0. The summed E-state index contributed by atoms with van der Waals surface area (Å²) in [6.07, 6.45) is 3.06. The lowest BCUT2D eigenvalue weighted by Crippen LogP contribution is -2.49. The Balaban J connectivity index is 4.38. The molecule has 0 aliphatic rings. The fraction of sp³-hybridized carbons (Fsp3) is 0.909. The topological polar surface area (TPSA) is 90.9 Å². The van der Waals surface area contributed by atoms with Crippen LogP contribution in [0.25, 0.3) is 0 Å². The van der Waals surface area contributed by atoms with Crippen molar-refractivity contribution in [3.63, 3.8) is 0 Å². The Hall–Kier alpha value is -0.810. The Labute approximate surface area is 97.7 Å². The van der Waals surface area contributed by atoms with E-state index in [4.69, 9.17) is 16.0 Å². The van der Waals surface area contributed by atoms with Crippen LogP contribution in [0.5, 0.6) is 0 Å². The van der Waals surface area contributed by atoms with Gasteiger partial charge in [0.15, 0.2) is 0 Å². The Morgan fingerprint density at radius 1 is 1.50 bits per heavy atom. The van der Waals surface area contributed by atoms with Gasteiger partial charge in [0.05, 0.1) is 0 Å². The molecule has 0 radical (unpaired) electrons. The molecule has 0 aromatic rings. The highest BCUT2D eigenvalue weighted by Gasteiger charge is 2.24. The van der Waals surface area contributed by atoms with Crippen LogP contribution in [0.1, 0.15) is 46.5 Å². The van der Waals surface area contributed by atoms with E-state index in [2.05, 4.69) is 31.2 Å². The average molecular weight is 231 g/mol. The van der Waals surface area contributed by atoms with Crippen molar-refractivity contribution in [2.45, 2.75) is 58.0 Å². The normalized spacial score (nSPS) is 18.1. The first kappa shape index (κ1) is 15.2. The molecule has 0 amide bonds. The van der Waals surface area contributed by atoms with Gasteiger partial charge in [-0.25, -0.2) is 0 Å². The number of rotatable bonds is 8. The van der Waals surface area contributed by atoms with Crippen LogP contribution >= 0.6 is 0 Å². The molecule has 0 rings (SSSR count). The summed E-state index contributed by atoms with van der Waals surface area (Å²) in [7, 11) is 0. The molecule has 0 saturated heterocycles. The molecule has 0 saturated carbocycles. The molecule has 2 unspecified atom stereocenters. The lowest BCUT2D eigenvalue weighted by molar-refractivity contribution is 0.201. The van der Waals surface area contributed by atoms with E-state index in [9.17, 15) is 0 Å². The average Bonchev–Trinajstić information content (AvgIpc) is 2.28. The van der Waals surface area contributed by atoms with Crippen LogP contribution in [-0.2, 0) is 0 Å². The zero-order valence-corrected chi connectivity index (χ0v) is 10.5. The summed E-state index contributed by atoms with van der Waals surface area (Å²) in [5.74, 6) is 0.238. The maximum atomic E-state index is 9.02. The van der Waals surface area contributed by atoms with Crippen molar-refractivity contribution in [2.75, 3.05) is 6.61 Å². The number of nitrogens with zero attached hydrogens (tertiary/aromatic N) is 1. The van der Waals surface area contributed by atoms with Crippen molar-refractivity contribution >= 4 is 5.84 Å². The molecule has 0 aromatic carbocycles. The maximum absolute atomic E-state index is 9.02. The van der Waals surface area contributed by atoms with Crippen molar-refractivity contribution in [1.82, 2.24) is 5.32 Å². The van der Waals surface area contributed by atoms with Crippen LogP contribution in [0.2, 0.25) is 0 Å². The van der Waals surface area contributed by atoms with Crippen molar-refractivity contribution in [1.29, 1.82) is 0 Å². The van der Waals surface area contributed by atoms with Crippen molar-refractivity contribution < 1.29 is 10.3 Å². The molecule has 0 aromatic heterocycles. The molecule has 16 heavy (non-hydrogen) atoms. The predicted molar refractivity (Wildman–Crippen MR) is 65.6 cm³/mol. The summed E-state index contributed by atoms with van der Waals surface area (Å²) in [4.78, 5) is 0. The second-order valence-electron chi connectivity index (χ2n) is 4.43. The van der Waals surface area contributed by atoms with Gasteiger partial charge < -0.3 is 21.4 Å². The third-order valence-corrected chi connectivity index (χ3v) is 3.07. The van der Waals surface area contributed by atoms with Crippen LogP contribution in [0, 0.1) is 0 Å². The molecule has 5 N–H and O–H groups in total. The third kappa shape index (κ3) is 5.32. The maximum Gasteiger partial charge on any atom is 0.140 e. The zero-order chi connectivity index (χ0) is 12.6. The first-order chi connectivity index (χ1) is 7.51. The first-order valence-corrected chi connectivity index (χ1v) is 5.86. The van der Waals surface area contributed by atoms with Crippen molar-refractivity contribution in [3.05, 3.63) is 0 Å². The monoisotopic (exact) mass is 231 g/mol. The predicted octanol–water partition coefficient (Wildman–Crippen LogP) is 1.04. The highest BCUT2D eigenvalue weighted by Crippen LogP contribution is 2.16. The molecule has 5 nitrogen and oxygen atoms in total. The van der Waals surface area contributed by atoms with Gasteiger partial charge in [0.25, 0.3) is 0 Å². The fourth-order valence-corrected chi connectivity index (χ4v) is 1.68. The third-order valence-electron chi connectivity index (χ3n) is 3.07. The van der Waals surface area contributed by atoms with E-state index in [1.807, 2.05) is 0 Å². The van der Waals surface area contributed by atoms with Crippen LogP contribution < -0.4 is 11.1 Å². The summed E-state index contributed by atoms with van der Waals surface area (Å²) < 4.78 is 0. The zero-order valence-electron chi connectivity index (χ0n) is 10.5. The summed E-state index contributed by atoms with van der Waals surface area (Å²) >= 11 is 0. The molecule has 0 spiro atoms. The van der Waals surface area contributed by atoms with E-state index < -0.39 is 0 Å². The van der Waals surface area contributed by atoms with E-state index in [0.717, 1.165) is 12.8 Å². The van der Waals surface area contributed by atoms with Crippen LogP contribution in [0.4, 0.5) is 0 Å². The molecular formula is C11H25N3O2. The van der Waals surface area contributed by atoms with Gasteiger partial charge in [0.1, 0.15) is 5.84 Å². The minimum atomic E-state index is -0.0921. The Morgan fingerprint density at radius 3 is 2.50 bits per heavy atom. The van der Waals surface area contributed by atoms with Crippen molar-refractivity contribution in [3.8, 4) is 0 Å². The summed E-state index contributed by atoms with van der Waals surface area (Å²) in [6, 6.07) is 0.174. The highest BCUT2D eigenvalue weighted by molar-refractivity contribution is 5.80. The molecule has 2 atom stereocenters. The summed E-state index contributed by atoms with van der Waals surface area (Å²) in [5.41, 5.74) is 5.40. The molecule has 0 fully saturated rings. The number of nitrogens with one attached hydrogen (secondary N) is 1. The number of oxime groups is 1. The van der Waals surface area contributed by atoms with Gasteiger partial charge in [0, 0.05) is 24.6 Å². The molecule has 0 heterocycles. The summed E-state index contributed by atoms with van der Waals surface area (Å²) in [6.45, 7) is 6.38. The van der Waals surface area contributed by atoms with Gasteiger partial charge in [-0.15, -0.1) is 0 Å². The number of aliphatic hydroxyl groups is 1. The molecular weight excluding hydrogens is 206 g/mol. The fourth-order valence-electron chi connectivity index (χ4n) is 1.68. The SMILES string of the molecule is CCC(CC(N)=NO)NC(C)(CC)CCO. The lowest BCUT2D eigenvalue weighted by atomic mass is 9.92. The first-order valence-electron chi connectivity index (χ1n) is 5.86. The Kier molecular flexibility index (Phi) is 7.08. The lowest BCUT2D eigenvalue weighted by Gasteiger charge is -2.33. The van der Waals surface area contributed by atoms with Crippen LogP contribution in [0.3, 0.4) is 0 Å². The Morgan fingerprint density at radius 2 is 2.12 bits per heavy atom. The number of amidine groups is 1. The van der Waals surface area contributed by atoms with Gasteiger partial charge in [-0.1, -0.05) is 19.0 Å². The van der Waals surface area contributed by atoms with Crippen molar-refractivity contribution in [2.24, 2.45) is 10.9 Å². The van der Waals surface area contributed by atoms with E-state index in [0.29, 0.717) is 12.8 Å². The van der Waals surface area contributed by atoms with Crippen LogP contribution in [0.15, 0.2) is 5.16 Å². The molecule has 5 heteroatoms. The second kappa shape index (κ2) is 7.46. The number of aliphatic hydroxyl groups excluding tert-OH is 1. The molecule has 0 aliphatic carbocycles. The molecule has 96 valence electrons. The van der Waals surface area contributed by atoms with Gasteiger partial charge in [-0.2, -0.15) is 0 Å². The van der Waals surface area contributed by atoms with E-state index in [-0.39, 0.29) is 24.0 Å². The minimum Gasteiger partial charge on any atom is -0.409 e. The highest BCUT2D eigenvalue weighted by atomic mass is 16.4. The number of hydrogen-bond acceptors (Lipinski definition) is 4. The van der Waals surface area contributed by atoms with E-state index >= 15 is 0 Å². The van der Waals surface area contributed by atoms with Gasteiger partial charge >= 0.3 is 0 Å². The standard InChI is InChI=1S/C11H25N3O2/c1-4-9(8-10(12)14-16)13-11(3,5-2)6-7-15/h9,13,15-16H,4-8H2,1-3H3,(H2,12,14).